The first kappa shape index (κ1) is 23.0. The number of fused-ring (bicyclic) bond motifs is 1. The third-order valence-electron chi connectivity index (χ3n) is 6.52. The number of para-hydroxylation sites is 2. The summed E-state index contributed by atoms with van der Waals surface area (Å²) in [4.78, 5) is 34.9. The van der Waals surface area contributed by atoms with Gasteiger partial charge in [0.1, 0.15) is 12.4 Å². The van der Waals surface area contributed by atoms with E-state index in [1.165, 1.54) is 5.56 Å². The molecule has 0 N–H and O–H groups in total. The monoisotopic (exact) mass is 446 g/mol. The van der Waals surface area contributed by atoms with Crippen LogP contribution in [0, 0.1) is 0 Å². The molecule has 1 atom stereocenters. The molecule has 0 radical (unpaired) electrons. The first-order chi connectivity index (χ1) is 15.8. The van der Waals surface area contributed by atoms with Crippen molar-refractivity contribution in [3.8, 4) is 0 Å². The molecule has 1 saturated heterocycles. The van der Waals surface area contributed by atoms with E-state index in [2.05, 4.69) is 19.1 Å². The molecule has 2 heterocycles. The predicted molar refractivity (Wildman–Crippen MR) is 132 cm³/mol. The number of amides is 2. The van der Waals surface area contributed by atoms with Gasteiger partial charge in [-0.1, -0.05) is 31.2 Å². The van der Waals surface area contributed by atoms with E-state index in [-0.39, 0.29) is 36.4 Å². The lowest BCUT2D eigenvalue weighted by atomic mass is 10.1. The Bertz CT molecular complexity index is 1140. The molecule has 1 aliphatic heterocycles. The van der Waals surface area contributed by atoms with Crippen LogP contribution in [0.4, 0.5) is 5.69 Å². The molecule has 2 aromatic carbocycles. The highest BCUT2D eigenvalue weighted by Gasteiger charge is 2.35. The van der Waals surface area contributed by atoms with Crippen molar-refractivity contribution in [2.45, 2.75) is 72.0 Å². The highest BCUT2D eigenvalue weighted by atomic mass is 16.2. The van der Waals surface area contributed by atoms with Crippen molar-refractivity contribution in [2.24, 2.45) is 0 Å². The molecular formula is C27H34N4O2. The second-order valence-corrected chi connectivity index (χ2v) is 9.46. The van der Waals surface area contributed by atoms with Gasteiger partial charge in [-0.2, -0.15) is 0 Å². The Kier molecular flexibility index (Phi) is 6.54. The molecule has 6 nitrogen and oxygen atoms in total. The van der Waals surface area contributed by atoms with Crippen molar-refractivity contribution in [1.82, 2.24) is 14.5 Å². The SMILES string of the molecule is CCc1ccc(N2C[C@@H](c3nc4ccccc4n3CC(=O)N(C(C)C)C(C)C)CC2=O)cc1. The zero-order valence-electron chi connectivity index (χ0n) is 20.3. The third-order valence-corrected chi connectivity index (χ3v) is 6.52. The van der Waals surface area contributed by atoms with Crippen LogP contribution in [-0.2, 0) is 22.6 Å². The lowest BCUT2D eigenvalue weighted by molar-refractivity contribution is -0.135. The number of nitrogens with zero attached hydrogens (tertiary/aromatic N) is 4. The fourth-order valence-corrected chi connectivity index (χ4v) is 5.00. The fraction of sp³-hybridized carbons (Fsp3) is 0.444. The molecule has 3 aromatic rings. The third kappa shape index (κ3) is 4.52. The van der Waals surface area contributed by atoms with E-state index in [1.807, 2.05) is 78.5 Å². The minimum Gasteiger partial charge on any atom is -0.336 e. The molecule has 33 heavy (non-hydrogen) atoms. The number of imidazole rings is 1. The van der Waals surface area contributed by atoms with Gasteiger partial charge in [-0.05, 0) is 63.9 Å². The van der Waals surface area contributed by atoms with Crippen LogP contribution < -0.4 is 4.90 Å². The highest BCUT2D eigenvalue weighted by molar-refractivity contribution is 5.96. The maximum Gasteiger partial charge on any atom is 0.243 e. The highest BCUT2D eigenvalue weighted by Crippen LogP contribution is 2.33. The van der Waals surface area contributed by atoms with Crippen LogP contribution in [-0.4, -0.2) is 44.9 Å². The van der Waals surface area contributed by atoms with Crippen molar-refractivity contribution in [1.29, 1.82) is 0 Å². The quantitative estimate of drug-likeness (QED) is 0.526. The Morgan fingerprint density at radius 2 is 1.73 bits per heavy atom. The Morgan fingerprint density at radius 3 is 2.36 bits per heavy atom. The summed E-state index contributed by atoms with van der Waals surface area (Å²) in [6.07, 6.45) is 1.36. The summed E-state index contributed by atoms with van der Waals surface area (Å²) in [5.74, 6) is 0.925. The molecule has 0 spiro atoms. The van der Waals surface area contributed by atoms with Gasteiger partial charge < -0.3 is 14.4 Å². The van der Waals surface area contributed by atoms with Gasteiger partial charge in [-0.3, -0.25) is 9.59 Å². The second kappa shape index (κ2) is 9.38. The topological polar surface area (TPSA) is 58.4 Å². The molecule has 0 saturated carbocycles. The van der Waals surface area contributed by atoms with Crippen LogP contribution >= 0.6 is 0 Å². The smallest absolute Gasteiger partial charge is 0.243 e. The van der Waals surface area contributed by atoms with Gasteiger partial charge in [0.15, 0.2) is 0 Å². The van der Waals surface area contributed by atoms with E-state index in [0.717, 1.165) is 29.0 Å². The number of carbonyl (C=O) groups is 2. The summed E-state index contributed by atoms with van der Waals surface area (Å²) < 4.78 is 2.02. The van der Waals surface area contributed by atoms with Gasteiger partial charge in [-0.15, -0.1) is 0 Å². The van der Waals surface area contributed by atoms with Crippen molar-refractivity contribution >= 4 is 28.5 Å². The number of hydrogen-bond donors (Lipinski definition) is 0. The molecular weight excluding hydrogens is 412 g/mol. The summed E-state index contributed by atoms with van der Waals surface area (Å²) in [7, 11) is 0. The summed E-state index contributed by atoms with van der Waals surface area (Å²) in [5, 5.41) is 0. The molecule has 2 amide bonds. The number of carbonyl (C=O) groups excluding carboxylic acids is 2. The van der Waals surface area contributed by atoms with Crippen LogP contribution in [0.1, 0.15) is 58.3 Å². The summed E-state index contributed by atoms with van der Waals surface area (Å²) in [6, 6.07) is 16.3. The van der Waals surface area contributed by atoms with E-state index in [4.69, 9.17) is 4.98 Å². The molecule has 174 valence electrons. The van der Waals surface area contributed by atoms with Crippen LogP contribution in [0.25, 0.3) is 11.0 Å². The number of rotatable bonds is 7. The van der Waals surface area contributed by atoms with Crippen LogP contribution in [0.5, 0.6) is 0 Å². The number of aryl methyl sites for hydroxylation is 1. The minimum atomic E-state index is -0.0601. The largest absolute Gasteiger partial charge is 0.336 e. The number of anilines is 1. The molecule has 4 rings (SSSR count). The van der Waals surface area contributed by atoms with E-state index >= 15 is 0 Å². The Hall–Kier alpha value is -3.15. The lowest BCUT2D eigenvalue weighted by Crippen LogP contribution is -2.44. The summed E-state index contributed by atoms with van der Waals surface area (Å²) in [6.45, 7) is 11.1. The summed E-state index contributed by atoms with van der Waals surface area (Å²) >= 11 is 0. The zero-order chi connectivity index (χ0) is 23.7. The molecule has 0 unspecified atom stereocenters. The maximum atomic E-state index is 13.3. The van der Waals surface area contributed by atoms with Crippen molar-refractivity contribution in [3.05, 3.63) is 59.9 Å². The second-order valence-electron chi connectivity index (χ2n) is 9.46. The molecule has 0 bridgehead atoms. The van der Waals surface area contributed by atoms with Gasteiger partial charge in [0.05, 0.1) is 11.0 Å². The van der Waals surface area contributed by atoms with E-state index < -0.39 is 0 Å². The van der Waals surface area contributed by atoms with Crippen molar-refractivity contribution < 1.29 is 9.59 Å². The standard InChI is InChI=1S/C27H34N4O2/c1-6-20-11-13-22(14-12-20)29-16-21(15-25(29)32)27-28-23-9-7-8-10-24(23)30(27)17-26(33)31(18(2)3)19(4)5/h7-14,18-19,21H,6,15-17H2,1-5H3/t21-/m0/s1. The molecule has 6 heteroatoms. The Morgan fingerprint density at radius 1 is 1.06 bits per heavy atom. The minimum absolute atomic E-state index is 0.0601. The Labute approximate surface area is 196 Å². The fourth-order valence-electron chi connectivity index (χ4n) is 5.00. The van der Waals surface area contributed by atoms with Crippen LogP contribution in [0.3, 0.4) is 0 Å². The zero-order valence-corrected chi connectivity index (χ0v) is 20.3. The number of aromatic nitrogens is 2. The van der Waals surface area contributed by atoms with Crippen LogP contribution in [0.2, 0.25) is 0 Å². The molecule has 1 aromatic heterocycles. The number of hydrogen-bond acceptors (Lipinski definition) is 3. The van der Waals surface area contributed by atoms with Crippen molar-refractivity contribution in [3.63, 3.8) is 0 Å². The van der Waals surface area contributed by atoms with Crippen molar-refractivity contribution in [2.75, 3.05) is 11.4 Å². The average molecular weight is 447 g/mol. The van der Waals surface area contributed by atoms with E-state index in [0.29, 0.717) is 13.0 Å². The predicted octanol–water partition coefficient (Wildman–Crippen LogP) is 4.76. The first-order valence-corrected chi connectivity index (χ1v) is 12.0. The number of benzene rings is 2. The Balaban J connectivity index is 1.66. The van der Waals surface area contributed by atoms with Gasteiger partial charge in [0.2, 0.25) is 11.8 Å². The van der Waals surface area contributed by atoms with Gasteiger partial charge >= 0.3 is 0 Å². The first-order valence-electron chi connectivity index (χ1n) is 12.0. The van der Waals surface area contributed by atoms with Crippen LogP contribution in [0.15, 0.2) is 48.5 Å². The molecule has 0 aliphatic carbocycles. The molecule has 1 aliphatic rings. The van der Waals surface area contributed by atoms with E-state index in [9.17, 15) is 9.59 Å². The average Bonchev–Trinajstić information content (AvgIpc) is 3.34. The normalized spacial score (nSPS) is 16.4. The van der Waals surface area contributed by atoms with Gasteiger partial charge in [-0.25, -0.2) is 4.98 Å². The van der Waals surface area contributed by atoms with Gasteiger partial charge in [0, 0.05) is 36.7 Å². The summed E-state index contributed by atoms with van der Waals surface area (Å²) in [5.41, 5.74) is 3.97. The lowest BCUT2D eigenvalue weighted by Gasteiger charge is -2.31. The molecule has 1 fully saturated rings. The van der Waals surface area contributed by atoms with E-state index in [1.54, 1.807) is 0 Å². The maximum absolute atomic E-state index is 13.3. The van der Waals surface area contributed by atoms with Gasteiger partial charge in [0.25, 0.3) is 0 Å².